The van der Waals surface area contributed by atoms with Crippen LogP contribution in [0.1, 0.15) is 18.6 Å². The van der Waals surface area contributed by atoms with Crippen LogP contribution in [-0.2, 0) is 4.79 Å². The summed E-state index contributed by atoms with van der Waals surface area (Å²) in [5.74, 6) is -1.66. The van der Waals surface area contributed by atoms with E-state index in [2.05, 4.69) is 0 Å². The van der Waals surface area contributed by atoms with Crippen LogP contribution < -0.4 is 5.63 Å². The molecular formula is C12H10O4. The van der Waals surface area contributed by atoms with Crippen molar-refractivity contribution in [2.24, 2.45) is 0 Å². The van der Waals surface area contributed by atoms with Gasteiger partial charge in [0, 0.05) is 0 Å². The maximum atomic E-state index is 11.6. The third-order valence-electron chi connectivity index (χ3n) is 2.49. The molecular weight excluding hydrogens is 208 g/mol. The molecule has 1 N–H and O–H groups in total. The summed E-state index contributed by atoms with van der Waals surface area (Å²) in [6.07, 6.45) is 0. The summed E-state index contributed by atoms with van der Waals surface area (Å²) in [4.78, 5) is 22.4. The molecule has 0 aliphatic heterocycles. The highest BCUT2D eigenvalue weighted by molar-refractivity contribution is 5.82. The van der Waals surface area contributed by atoms with Gasteiger partial charge in [0.25, 0.3) is 0 Å². The molecule has 2 aromatic rings. The molecule has 1 unspecified atom stereocenters. The van der Waals surface area contributed by atoms with Gasteiger partial charge in [0.2, 0.25) is 0 Å². The topological polar surface area (TPSA) is 67.5 Å². The average molecular weight is 218 g/mol. The number of aliphatic carboxylic acids is 1. The third kappa shape index (κ3) is 1.69. The monoisotopic (exact) mass is 218 g/mol. The summed E-state index contributed by atoms with van der Waals surface area (Å²) < 4.78 is 4.98. The number of benzene rings is 1. The lowest BCUT2D eigenvalue weighted by molar-refractivity contribution is -0.138. The molecule has 4 heteroatoms. The van der Waals surface area contributed by atoms with Gasteiger partial charge in [0.15, 0.2) is 0 Å². The van der Waals surface area contributed by atoms with Crippen LogP contribution in [-0.4, -0.2) is 11.1 Å². The summed E-state index contributed by atoms with van der Waals surface area (Å²) in [6.45, 7) is 1.48. The molecule has 0 saturated heterocycles. The Labute approximate surface area is 91.1 Å². The zero-order valence-corrected chi connectivity index (χ0v) is 8.64. The normalized spacial score (nSPS) is 12.6. The van der Waals surface area contributed by atoms with E-state index in [4.69, 9.17) is 9.52 Å². The predicted octanol–water partition coefficient (Wildman–Crippen LogP) is 1.98. The summed E-state index contributed by atoms with van der Waals surface area (Å²) in [5, 5.41) is 9.99. The molecule has 1 aromatic carbocycles. The lowest BCUT2D eigenvalue weighted by Gasteiger charge is -2.05. The first-order valence-electron chi connectivity index (χ1n) is 4.85. The van der Waals surface area contributed by atoms with E-state index in [0.717, 1.165) is 0 Å². The van der Waals surface area contributed by atoms with Gasteiger partial charge in [-0.25, -0.2) is 4.79 Å². The molecule has 0 fully saturated rings. The summed E-state index contributed by atoms with van der Waals surface area (Å²) in [7, 11) is 0. The lowest BCUT2D eigenvalue weighted by Crippen LogP contribution is -2.11. The number of hydrogen-bond donors (Lipinski definition) is 1. The molecule has 0 aliphatic rings. The number of fused-ring (bicyclic) bond motifs is 1. The molecule has 16 heavy (non-hydrogen) atoms. The minimum absolute atomic E-state index is 0.177. The van der Waals surface area contributed by atoms with Crippen molar-refractivity contribution in [2.45, 2.75) is 12.8 Å². The lowest BCUT2D eigenvalue weighted by atomic mass is 10.1. The molecule has 1 heterocycles. The van der Waals surface area contributed by atoms with Crippen LogP contribution in [0.5, 0.6) is 0 Å². The Morgan fingerprint density at radius 3 is 2.75 bits per heavy atom. The van der Waals surface area contributed by atoms with Gasteiger partial charge in [0.05, 0.1) is 5.39 Å². The average Bonchev–Trinajstić information content (AvgIpc) is 2.28. The van der Waals surface area contributed by atoms with E-state index in [1.807, 2.05) is 0 Å². The van der Waals surface area contributed by atoms with Crippen LogP contribution in [0.2, 0.25) is 0 Å². The van der Waals surface area contributed by atoms with Gasteiger partial charge in [-0.05, 0) is 24.4 Å². The maximum Gasteiger partial charge on any atom is 0.343 e. The number of carboxylic acids is 1. The van der Waals surface area contributed by atoms with Crippen molar-refractivity contribution in [3.05, 3.63) is 46.5 Å². The summed E-state index contributed by atoms with van der Waals surface area (Å²) in [5.41, 5.74) is -0.499. The number of hydrogen-bond acceptors (Lipinski definition) is 3. The molecule has 0 bridgehead atoms. The first kappa shape index (κ1) is 10.4. The SMILES string of the molecule is CC(C(=O)O)c1cc2ccccc2c(=O)o1. The highest BCUT2D eigenvalue weighted by Gasteiger charge is 2.17. The van der Waals surface area contributed by atoms with Crippen molar-refractivity contribution in [2.75, 3.05) is 0 Å². The van der Waals surface area contributed by atoms with Crippen molar-refractivity contribution in [3.63, 3.8) is 0 Å². The van der Waals surface area contributed by atoms with E-state index in [9.17, 15) is 9.59 Å². The molecule has 0 saturated carbocycles. The molecule has 0 radical (unpaired) electrons. The fourth-order valence-corrected chi connectivity index (χ4v) is 1.49. The standard InChI is InChI=1S/C12H10O4/c1-7(11(13)14)10-6-8-4-2-3-5-9(8)12(15)16-10/h2-7H,1H3,(H,13,14). The van der Waals surface area contributed by atoms with Crippen molar-refractivity contribution in [1.29, 1.82) is 0 Å². The second-order valence-corrected chi connectivity index (χ2v) is 3.58. The van der Waals surface area contributed by atoms with Crippen LogP contribution in [0.15, 0.2) is 39.5 Å². The smallest absolute Gasteiger partial charge is 0.343 e. The molecule has 82 valence electrons. The molecule has 1 atom stereocenters. The van der Waals surface area contributed by atoms with Crippen molar-refractivity contribution < 1.29 is 14.3 Å². The van der Waals surface area contributed by atoms with Gasteiger partial charge in [0.1, 0.15) is 11.7 Å². The maximum absolute atomic E-state index is 11.6. The summed E-state index contributed by atoms with van der Waals surface area (Å²) in [6, 6.07) is 8.52. The Bertz CT molecular complexity index is 597. The first-order valence-corrected chi connectivity index (χ1v) is 4.85. The largest absolute Gasteiger partial charge is 0.481 e. The van der Waals surface area contributed by atoms with Gasteiger partial charge in [-0.3, -0.25) is 4.79 Å². The van der Waals surface area contributed by atoms with Crippen molar-refractivity contribution in [3.8, 4) is 0 Å². The third-order valence-corrected chi connectivity index (χ3v) is 2.49. The molecule has 1 aromatic heterocycles. The van der Waals surface area contributed by atoms with E-state index < -0.39 is 17.5 Å². The number of carbonyl (C=O) groups is 1. The Hall–Kier alpha value is -2.10. The second-order valence-electron chi connectivity index (χ2n) is 3.58. The Kier molecular flexibility index (Phi) is 2.48. The minimum Gasteiger partial charge on any atom is -0.481 e. The molecule has 0 amide bonds. The van der Waals surface area contributed by atoms with Crippen LogP contribution in [0, 0.1) is 0 Å². The zero-order valence-electron chi connectivity index (χ0n) is 8.64. The zero-order chi connectivity index (χ0) is 11.7. The number of carboxylic acid groups (broad SMARTS) is 1. The van der Waals surface area contributed by atoms with Gasteiger partial charge in [-0.1, -0.05) is 18.2 Å². The Morgan fingerprint density at radius 1 is 1.38 bits per heavy atom. The quantitative estimate of drug-likeness (QED) is 0.836. The molecule has 0 aliphatic carbocycles. The number of rotatable bonds is 2. The Balaban J connectivity index is 2.67. The van der Waals surface area contributed by atoms with E-state index in [1.165, 1.54) is 6.92 Å². The van der Waals surface area contributed by atoms with E-state index in [1.54, 1.807) is 30.3 Å². The highest BCUT2D eigenvalue weighted by Crippen LogP contribution is 2.18. The fourth-order valence-electron chi connectivity index (χ4n) is 1.49. The minimum atomic E-state index is -1.02. The van der Waals surface area contributed by atoms with Crippen molar-refractivity contribution >= 4 is 16.7 Å². The van der Waals surface area contributed by atoms with Gasteiger partial charge >= 0.3 is 11.6 Å². The second kappa shape index (κ2) is 3.81. The van der Waals surface area contributed by atoms with E-state index in [-0.39, 0.29) is 5.76 Å². The van der Waals surface area contributed by atoms with Crippen LogP contribution >= 0.6 is 0 Å². The first-order chi connectivity index (χ1) is 7.59. The summed E-state index contributed by atoms with van der Waals surface area (Å²) >= 11 is 0. The van der Waals surface area contributed by atoms with Crippen molar-refractivity contribution in [1.82, 2.24) is 0 Å². The highest BCUT2D eigenvalue weighted by atomic mass is 16.4. The molecule has 0 spiro atoms. The van der Waals surface area contributed by atoms with Gasteiger partial charge in [-0.15, -0.1) is 0 Å². The predicted molar refractivity (Wildman–Crippen MR) is 58.5 cm³/mol. The van der Waals surface area contributed by atoms with Crippen LogP contribution in [0.3, 0.4) is 0 Å². The Morgan fingerprint density at radius 2 is 2.06 bits per heavy atom. The van der Waals surface area contributed by atoms with Gasteiger partial charge < -0.3 is 9.52 Å². The van der Waals surface area contributed by atoms with E-state index in [0.29, 0.717) is 10.8 Å². The molecule has 2 rings (SSSR count). The van der Waals surface area contributed by atoms with E-state index >= 15 is 0 Å². The molecule has 4 nitrogen and oxygen atoms in total. The van der Waals surface area contributed by atoms with Gasteiger partial charge in [-0.2, -0.15) is 0 Å². The van der Waals surface area contributed by atoms with Crippen LogP contribution in [0.25, 0.3) is 10.8 Å². The fraction of sp³-hybridized carbons (Fsp3) is 0.167. The van der Waals surface area contributed by atoms with Crippen LogP contribution in [0.4, 0.5) is 0 Å².